The molecule has 3 aromatic rings. The molecule has 4 rings (SSSR count). The molecule has 1 aliphatic rings. The van der Waals surface area contributed by atoms with Crippen LogP contribution in [0.25, 0.3) is 6.08 Å². The van der Waals surface area contributed by atoms with Crippen LogP contribution >= 0.6 is 24.0 Å². The summed E-state index contributed by atoms with van der Waals surface area (Å²) in [6.45, 7) is 8.94. The highest BCUT2D eigenvalue weighted by atomic mass is 32.2. The molecule has 192 valence electrons. The maximum Gasteiger partial charge on any atom is 0.266 e. The fourth-order valence-corrected chi connectivity index (χ4v) is 5.32. The zero-order valence-electron chi connectivity index (χ0n) is 21.4. The fraction of sp³-hybridized carbons (Fsp3) is 0.194. The van der Waals surface area contributed by atoms with Crippen molar-refractivity contribution >= 4 is 40.3 Å². The van der Waals surface area contributed by atoms with Gasteiger partial charge in [-0.1, -0.05) is 78.1 Å². The van der Waals surface area contributed by atoms with Crippen molar-refractivity contribution in [3.05, 3.63) is 112 Å². The zero-order chi connectivity index (χ0) is 27.1. The Balaban J connectivity index is 1.62. The monoisotopic (exact) mass is 540 g/mol. The van der Waals surface area contributed by atoms with Crippen LogP contribution in [0.3, 0.4) is 0 Å². The molecule has 7 heteroatoms. The van der Waals surface area contributed by atoms with E-state index in [0.717, 1.165) is 22.3 Å². The Morgan fingerprint density at radius 1 is 1.11 bits per heavy atom. The Morgan fingerprint density at radius 2 is 1.87 bits per heavy atom. The lowest BCUT2D eigenvalue weighted by Crippen LogP contribution is -2.27. The maximum absolute atomic E-state index is 13.3. The summed E-state index contributed by atoms with van der Waals surface area (Å²) in [5.41, 5.74) is 5.25. The Kier molecular flexibility index (Phi) is 9.01. The van der Waals surface area contributed by atoms with Crippen LogP contribution in [0.5, 0.6) is 11.5 Å². The van der Waals surface area contributed by atoms with Gasteiger partial charge < -0.3 is 9.47 Å². The molecule has 0 spiro atoms. The van der Waals surface area contributed by atoms with Gasteiger partial charge in [0.15, 0.2) is 11.5 Å². The third kappa shape index (κ3) is 6.34. The Labute approximate surface area is 233 Å². The van der Waals surface area contributed by atoms with Crippen LogP contribution in [0.2, 0.25) is 0 Å². The van der Waals surface area contributed by atoms with E-state index in [4.69, 9.17) is 21.7 Å². The van der Waals surface area contributed by atoms with Crippen LogP contribution in [-0.2, 0) is 24.4 Å². The third-order valence-corrected chi connectivity index (χ3v) is 7.34. The second-order valence-corrected chi connectivity index (χ2v) is 10.4. The predicted octanol–water partition coefficient (Wildman–Crippen LogP) is 6.97. The number of thioether (sulfide) groups is 1. The number of nitrogens with zero attached hydrogens (tertiary/aromatic N) is 2. The molecule has 0 unspecified atom stereocenters. The third-order valence-electron chi connectivity index (χ3n) is 5.96. The van der Waals surface area contributed by atoms with Gasteiger partial charge in [-0.15, -0.1) is 6.58 Å². The van der Waals surface area contributed by atoms with Crippen LogP contribution in [0.4, 0.5) is 0 Å². The van der Waals surface area contributed by atoms with Crippen molar-refractivity contribution in [2.24, 2.45) is 0 Å². The van der Waals surface area contributed by atoms with Crippen molar-refractivity contribution in [2.75, 3.05) is 6.61 Å². The Morgan fingerprint density at radius 3 is 2.58 bits per heavy atom. The molecule has 0 aliphatic carbocycles. The average Bonchev–Trinajstić information content (AvgIpc) is 3.17. The molecule has 5 nitrogen and oxygen atoms in total. The molecule has 0 N–H and O–H groups in total. The van der Waals surface area contributed by atoms with Crippen molar-refractivity contribution < 1.29 is 14.3 Å². The average molecular weight is 541 g/mol. The highest BCUT2D eigenvalue weighted by molar-refractivity contribution is 8.26. The van der Waals surface area contributed by atoms with Crippen LogP contribution in [-0.4, -0.2) is 21.7 Å². The summed E-state index contributed by atoms with van der Waals surface area (Å²) in [4.78, 5) is 15.4. The van der Waals surface area contributed by atoms with E-state index in [9.17, 15) is 10.1 Å². The summed E-state index contributed by atoms with van der Waals surface area (Å²) >= 11 is 6.84. The highest BCUT2D eigenvalue weighted by Crippen LogP contribution is 2.38. The van der Waals surface area contributed by atoms with E-state index in [-0.39, 0.29) is 12.5 Å². The molecule has 1 fully saturated rings. The van der Waals surface area contributed by atoms with Gasteiger partial charge in [0.2, 0.25) is 0 Å². The first-order valence-corrected chi connectivity index (χ1v) is 13.5. The van der Waals surface area contributed by atoms with E-state index < -0.39 is 0 Å². The minimum absolute atomic E-state index is 0.114. The number of ether oxygens (including phenoxy) is 2. The van der Waals surface area contributed by atoms with E-state index in [2.05, 4.69) is 12.6 Å². The molecule has 0 bridgehead atoms. The number of carbonyl (C=O) groups is 1. The SMILES string of the molecule is C=CCc1cc(/C=C2\SC(=S)N(Cc3ccc(C)cc3)C2=O)cc(OCC)c1OCc1ccccc1C#N. The standard InChI is InChI=1S/C31H28N2O3S2/c1-4-8-24-15-23(16-27(35-5-2)29(24)36-20-26-10-7-6-9-25(26)18-32)17-28-30(34)33(31(37)38-28)19-22-13-11-21(3)12-14-22/h4,6-7,9-17H,1,5,8,19-20H2,2-3H3/b28-17-. The summed E-state index contributed by atoms with van der Waals surface area (Å²) < 4.78 is 12.7. The van der Waals surface area contributed by atoms with Gasteiger partial charge in [-0.05, 0) is 55.7 Å². The lowest BCUT2D eigenvalue weighted by molar-refractivity contribution is -0.122. The van der Waals surface area contributed by atoms with E-state index >= 15 is 0 Å². The molecule has 0 radical (unpaired) electrons. The maximum atomic E-state index is 13.3. The van der Waals surface area contributed by atoms with E-state index in [0.29, 0.717) is 45.9 Å². The molecule has 0 saturated carbocycles. The van der Waals surface area contributed by atoms with Gasteiger partial charge in [-0.25, -0.2) is 0 Å². The van der Waals surface area contributed by atoms with Gasteiger partial charge in [0.25, 0.3) is 5.91 Å². The topological polar surface area (TPSA) is 62.6 Å². The highest BCUT2D eigenvalue weighted by Gasteiger charge is 2.32. The van der Waals surface area contributed by atoms with Crippen molar-refractivity contribution in [3.63, 3.8) is 0 Å². The zero-order valence-corrected chi connectivity index (χ0v) is 23.0. The largest absolute Gasteiger partial charge is 0.490 e. The van der Waals surface area contributed by atoms with Gasteiger partial charge in [-0.2, -0.15) is 5.26 Å². The van der Waals surface area contributed by atoms with Gasteiger partial charge in [0, 0.05) is 11.1 Å². The van der Waals surface area contributed by atoms with Crippen LogP contribution in [0.1, 0.15) is 40.3 Å². The summed E-state index contributed by atoms with van der Waals surface area (Å²) in [6.07, 6.45) is 4.19. The number of benzene rings is 3. The molecule has 0 aromatic heterocycles. The Bertz CT molecular complexity index is 1440. The first-order chi connectivity index (χ1) is 18.4. The summed E-state index contributed by atoms with van der Waals surface area (Å²) in [5.74, 6) is 1.06. The molecule has 38 heavy (non-hydrogen) atoms. The first-order valence-electron chi connectivity index (χ1n) is 12.3. The second kappa shape index (κ2) is 12.6. The van der Waals surface area contributed by atoms with Gasteiger partial charge in [-0.3, -0.25) is 9.69 Å². The summed E-state index contributed by atoms with van der Waals surface area (Å²) in [7, 11) is 0. The van der Waals surface area contributed by atoms with E-state index in [1.54, 1.807) is 17.0 Å². The smallest absolute Gasteiger partial charge is 0.266 e. The lowest BCUT2D eigenvalue weighted by Gasteiger charge is -2.17. The van der Waals surface area contributed by atoms with Gasteiger partial charge >= 0.3 is 0 Å². The van der Waals surface area contributed by atoms with E-state index in [1.807, 2.05) is 74.5 Å². The number of hydrogen-bond acceptors (Lipinski definition) is 6. The van der Waals surface area contributed by atoms with Crippen LogP contribution < -0.4 is 9.47 Å². The van der Waals surface area contributed by atoms with Gasteiger partial charge in [0.1, 0.15) is 10.9 Å². The number of amides is 1. The first kappa shape index (κ1) is 27.2. The summed E-state index contributed by atoms with van der Waals surface area (Å²) in [5, 5.41) is 9.43. The van der Waals surface area contributed by atoms with Crippen molar-refractivity contribution in [3.8, 4) is 17.6 Å². The predicted molar refractivity (Wildman–Crippen MR) is 157 cm³/mol. The molecule has 1 heterocycles. The van der Waals surface area contributed by atoms with Crippen LogP contribution in [0.15, 0.2) is 78.2 Å². The fourth-order valence-electron chi connectivity index (χ4n) is 4.07. The van der Waals surface area contributed by atoms with Crippen molar-refractivity contribution in [1.82, 2.24) is 4.90 Å². The molecule has 1 aliphatic heterocycles. The number of allylic oxidation sites excluding steroid dienone is 1. The molecule has 0 atom stereocenters. The number of hydrogen-bond donors (Lipinski definition) is 0. The van der Waals surface area contributed by atoms with Gasteiger partial charge in [0.05, 0.1) is 29.7 Å². The molecule has 1 saturated heterocycles. The Hall–Kier alpha value is -3.86. The second-order valence-electron chi connectivity index (χ2n) is 8.74. The van der Waals surface area contributed by atoms with Crippen LogP contribution in [0, 0.1) is 18.3 Å². The minimum atomic E-state index is -0.114. The number of aryl methyl sites for hydroxylation is 1. The number of carbonyl (C=O) groups excluding carboxylic acids is 1. The molecular formula is C31H28N2O3S2. The minimum Gasteiger partial charge on any atom is -0.490 e. The van der Waals surface area contributed by atoms with Crippen molar-refractivity contribution in [1.29, 1.82) is 5.26 Å². The van der Waals surface area contributed by atoms with Crippen molar-refractivity contribution in [2.45, 2.75) is 33.4 Å². The van der Waals surface area contributed by atoms with E-state index in [1.165, 1.54) is 17.3 Å². The number of rotatable bonds is 10. The molecule has 1 amide bonds. The molecule has 3 aromatic carbocycles. The molecular weight excluding hydrogens is 512 g/mol. The quantitative estimate of drug-likeness (QED) is 0.157. The summed E-state index contributed by atoms with van der Waals surface area (Å²) in [6, 6.07) is 21.5. The number of thiocarbonyl (C=S) groups is 1. The normalized spacial score (nSPS) is 14.0. The number of nitriles is 1. The lowest BCUT2D eigenvalue weighted by atomic mass is 10.0.